The van der Waals surface area contributed by atoms with E-state index in [2.05, 4.69) is 36.5 Å². The van der Waals surface area contributed by atoms with Crippen LogP contribution in [0.3, 0.4) is 0 Å². The molecule has 0 atom stereocenters. The number of para-hydroxylation sites is 1. The van der Waals surface area contributed by atoms with Crippen LogP contribution >= 0.6 is 15.9 Å². The van der Waals surface area contributed by atoms with Gasteiger partial charge in [0.2, 0.25) is 12.7 Å². The van der Waals surface area contributed by atoms with E-state index in [0.717, 1.165) is 27.3 Å². The predicted molar refractivity (Wildman–Crippen MR) is 100 cm³/mol. The van der Waals surface area contributed by atoms with Gasteiger partial charge in [-0.2, -0.15) is 4.98 Å². The number of anilines is 4. The highest BCUT2D eigenvalue weighted by Crippen LogP contribution is 2.35. The molecular formula is C18H15BrN4O2. The molecule has 0 fully saturated rings. The molecule has 0 saturated carbocycles. The Kier molecular flexibility index (Phi) is 4.15. The van der Waals surface area contributed by atoms with E-state index in [-0.39, 0.29) is 6.79 Å². The van der Waals surface area contributed by atoms with Gasteiger partial charge in [0, 0.05) is 28.0 Å². The molecule has 0 bridgehead atoms. The summed E-state index contributed by atoms with van der Waals surface area (Å²) in [6.07, 6.45) is 0. The molecule has 2 aromatic carbocycles. The van der Waals surface area contributed by atoms with Gasteiger partial charge in [0.1, 0.15) is 5.82 Å². The van der Waals surface area contributed by atoms with Crippen molar-refractivity contribution in [3.8, 4) is 11.5 Å². The van der Waals surface area contributed by atoms with Crippen LogP contribution in [0.15, 0.2) is 53.0 Å². The molecule has 2 N–H and O–H groups in total. The normalized spacial score (nSPS) is 12.1. The standard InChI is InChI=1S/C18H15BrN4O2/c1-11-8-17(22-14-5-3-2-4-13(14)19)23-18(20-11)21-12-6-7-15-16(9-12)25-10-24-15/h2-9H,10H2,1H3,(H2,20,21,22,23). The number of aromatic nitrogens is 2. The van der Waals surface area contributed by atoms with E-state index in [1.54, 1.807) is 0 Å². The van der Waals surface area contributed by atoms with Crippen LogP contribution in [0.2, 0.25) is 0 Å². The van der Waals surface area contributed by atoms with Crippen molar-refractivity contribution in [2.24, 2.45) is 0 Å². The third-order valence-corrected chi connectivity index (χ3v) is 4.31. The maximum Gasteiger partial charge on any atom is 0.231 e. The van der Waals surface area contributed by atoms with Gasteiger partial charge in [0.25, 0.3) is 0 Å². The summed E-state index contributed by atoms with van der Waals surface area (Å²) >= 11 is 3.53. The SMILES string of the molecule is Cc1cc(Nc2ccccc2Br)nc(Nc2ccc3c(c2)OCO3)n1. The van der Waals surface area contributed by atoms with Crippen LogP contribution in [0, 0.1) is 6.92 Å². The fourth-order valence-corrected chi connectivity index (χ4v) is 2.88. The van der Waals surface area contributed by atoms with E-state index in [9.17, 15) is 0 Å². The molecule has 25 heavy (non-hydrogen) atoms. The van der Waals surface area contributed by atoms with E-state index in [4.69, 9.17) is 9.47 Å². The molecule has 0 amide bonds. The maximum absolute atomic E-state index is 5.40. The molecule has 126 valence electrons. The molecule has 2 heterocycles. The molecule has 1 aromatic heterocycles. The Hall–Kier alpha value is -2.80. The lowest BCUT2D eigenvalue weighted by Crippen LogP contribution is -2.02. The van der Waals surface area contributed by atoms with Crippen LogP contribution in [0.25, 0.3) is 0 Å². The van der Waals surface area contributed by atoms with Crippen molar-refractivity contribution in [2.45, 2.75) is 6.92 Å². The zero-order chi connectivity index (χ0) is 17.2. The molecule has 0 unspecified atom stereocenters. The van der Waals surface area contributed by atoms with Crippen molar-refractivity contribution >= 4 is 39.1 Å². The predicted octanol–water partition coefficient (Wildman–Crippen LogP) is 4.76. The van der Waals surface area contributed by atoms with Crippen molar-refractivity contribution in [3.63, 3.8) is 0 Å². The molecule has 0 spiro atoms. The topological polar surface area (TPSA) is 68.3 Å². The quantitative estimate of drug-likeness (QED) is 0.659. The second-order valence-corrected chi connectivity index (χ2v) is 6.37. The Bertz CT molecular complexity index is 933. The summed E-state index contributed by atoms with van der Waals surface area (Å²) in [6, 6.07) is 15.4. The number of hydrogen-bond donors (Lipinski definition) is 2. The van der Waals surface area contributed by atoms with Gasteiger partial charge < -0.3 is 20.1 Å². The lowest BCUT2D eigenvalue weighted by molar-refractivity contribution is 0.174. The van der Waals surface area contributed by atoms with Crippen molar-refractivity contribution in [3.05, 3.63) is 58.7 Å². The van der Waals surface area contributed by atoms with Gasteiger partial charge in [0.05, 0.1) is 5.69 Å². The Morgan fingerprint density at radius 3 is 2.68 bits per heavy atom. The maximum atomic E-state index is 5.40. The molecule has 0 radical (unpaired) electrons. The highest BCUT2D eigenvalue weighted by atomic mass is 79.9. The Morgan fingerprint density at radius 2 is 1.80 bits per heavy atom. The summed E-state index contributed by atoms with van der Waals surface area (Å²) in [5.41, 5.74) is 2.63. The third kappa shape index (κ3) is 3.51. The summed E-state index contributed by atoms with van der Waals surface area (Å²) < 4.78 is 11.7. The minimum atomic E-state index is 0.250. The molecular weight excluding hydrogens is 384 g/mol. The molecule has 7 heteroatoms. The van der Waals surface area contributed by atoms with Crippen LogP contribution in [-0.4, -0.2) is 16.8 Å². The Balaban J connectivity index is 1.58. The number of aryl methyl sites for hydroxylation is 1. The second kappa shape index (κ2) is 6.60. The first kappa shape index (κ1) is 15.7. The van der Waals surface area contributed by atoms with Crippen molar-refractivity contribution in [1.82, 2.24) is 9.97 Å². The van der Waals surface area contributed by atoms with Gasteiger partial charge >= 0.3 is 0 Å². The molecule has 1 aliphatic heterocycles. The van der Waals surface area contributed by atoms with Crippen LogP contribution in [0.5, 0.6) is 11.5 Å². The van der Waals surface area contributed by atoms with Crippen LogP contribution in [0.1, 0.15) is 5.69 Å². The van der Waals surface area contributed by atoms with E-state index in [1.807, 2.05) is 55.5 Å². The zero-order valence-electron chi connectivity index (χ0n) is 13.4. The molecule has 1 aliphatic rings. The smallest absolute Gasteiger partial charge is 0.231 e. The van der Waals surface area contributed by atoms with Gasteiger partial charge in [0.15, 0.2) is 11.5 Å². The summed E-state index contributed by atoms with van der Waals surface area (Å²) in [4.78, 5) is 8.97. The number of fused-ring (bicyclic) bond motifs is 1. The largest absolute Gasteiger partial charge is 0.454 e. The van der Waals surface area contributed by atoms with Crippen molar-refractivity contribution < 1.29 is 9.47 Å². The summed E-state index contributed by atoms with van der Waals surface area (Å²) in [5, 5.41) is 6.50. The molecule has 3 aromatic rings. The van der Waals surface area contributed by atoms with E-state index in [0.29, 0.717) is 17.5 Å². The van der Waals surface area contributed by atoms with Crippen LogP contribution < -0.4 is 20.1 Å². The summed E-state index contributed by atoms with van der Waals surface area (Å²) in [7, 11) is 0. The fourth-order valence-electron chi connectivity index (χ4n) is 2.49. The average Bonchev–Trinajstić information content (AvgIpc) is 3.04. The number of ether oxygens (including phenoxy) is 2. The number of rotatable bonds is 4. The monoisotopic (exact) mass is 398 g/mol. The minimum absolute atomic E-state index is 0.250. The zero-order valence-corrected chi connectivity index (χ0v) is 15.0. The first-order valence-electron chi connectivity index (χ1n) is 7.71. The van der Waals surface area contributed by atoms with Crippen LogP contribution in [0.4, 0.5) is 23.1 Å². The van der Waals surface area contributed by atoms with Gasteiger partial charge in [-0.25, -0.2) is 4.98 Å². The molecule has 0 aliphatic carbocycles. The second-order valence-electron chi connectivity index (χ2n) is 5.52. The van der Waals surface area contributed by atoms with E-state index in [1.165, 1.54) is 0 Å². The number of nitrogens with zero attached hydrogens (tertiary/aromatic N) is 2. The van der Waals surface area contributed by atoms with Crippen molar-refractivity contribution in [1.29, 1.82) is 0 Å². The molecule has 4 rings (SSSR count). The first-order chi connectivity index (χ1) is 12.2. The van der Waals surface area contributed by atoms with Crippen LogP contribution in [-0.2, 0) is 0 Å². The van der Waals surface area contributed by atoms with E-state index < -0.39 is 0 Å². The minimum Gasteiger partial charge on any atom is -0.454 e. The van der Waals surface area contributed by atoms with Gasteiger partial charge in [-0.1, -0.05) is 12.1 Å². The molecule has 0 saturated heterocycles. The number of benzene rings is 2. The van der Waals surface area contributed by atoms with Gasteiger partial charge in [-0.3, -0.25) is 0 Å². The average molecular weight is 399 g/mol. The lowest BCUT2D eigenvalue weighted by atomic mass is 10.3. The highest BCUT2D eigenvalue weighted by molar-refractivity contribution is 9.10. The van der Waals surface area contributed by atoms with Gasteiger partial charge in [-0.05, 0) is 47.1 Å². The lowest BCUT2D eigenvalue weighted by Gasteiger charge is -2.11. The van der Waals surface area contributed by atoms with Gasteiger partial charge in [-0.15, -0.1) is 0 Å². The van der Waals surface area contributed by atoms with Crippen molar-refractivity contribution in [2.75, 3.05) is 17.4 Å². The molecule has 6 nitrogen and oxygen atoms in total. The number of halogens is 1. The highest BCUT2D eigenvalue weighted by Gasteiger charge is 2.14. The Morgan fingerprint density at radius 1 is 0.960 bits per heavy atom. The van der Waals surface area contributed by atoms with E-state index >= 15 is 0 Å². The first-order valence-corrected chi connectivity index (χ1v) is 8.50. The third-order valence-electron chi connectivity index (χ3n) is 3.62. The fraction of sp³-hybridized carbons (Fsp3) is 0.111. The summed E-state index contributed by atoms with van der Waals surface area (Å²) in [6.45, 7) is 2.18. The number of hydrogen-bond acceptors (Lipinski definition) is 6. The number of nitrogens with one attached hydrogen (secondary N) is 2. The Labute approximate surface area is 153 Å². The summed E-state index contributed by atoms with van der Waals surface area (Å²) in [5.74, 6) is 2.67.